The molecule has 20 heavy (non-hydrogen) atoms. The van der Waals surface area contributed by atoms with E-state index in [0.29, 0.717) is 5.92 Å². The Balaban J connectivity index is 1.79. The van der Waals surface area contributed by atoms with Crippen LogP contribution in [0.1, 0.15) is 37.7 Å². The van der Waals surface area contributed by atoms with Gasteiger partial charge in [-0.1, -0.05) is 18.2 Å². The summed E-state index contributed by atoms with van der Waals surface area (Å²) in [5.74, 6) is 0.870. The van der Waals surface area contributed by atoms with E-state index in [-0.39, 0.29) is 0 Å². The third-order valence-corrected chi connectivity index (χ3v) is 5.99. The molecule has 0 bridgehead atoms. The lowest BCUT2D eigenvalue weighted by atomic mass is 9.87. The number of piperidine rings is 1. The molecule has 1 saturated heterocycles. The van der Waals surface area contributed by atoms with E-state index >= 15 is 0 Å². The van der Waals surface area contributed by atoms with Gasteiger partial charge in [0.2, 0.25) is 0 Å². The molecule has 3 rings (SSSR count). The summed E-state index contributed by atoms with van der Waals surface area (Å²) in [6, 6.07) is 8.54. The smallest absolute Gasteiger partial charge is 0.323 e. The van der Waals surface area contributed by atoms with Gasteiger partial charge in [0.25, 0.3) is 0 Å². The van der Waals surface area contributed by atoms with Gasteiger partial charge in [0.1, 0.15) is 5.54 Å². The SMILES string of the molecule is CC1(C(=O)O)CCCCN1CC1CSc2ccccc21. The van der Waals surface area contributed by atoms with Gasteiger partial charge in [0.05, 0.1) is 0 Å². The van der Waals surface area contributed by atoms with Crippen molar-refractivity contribution in [2.24, 2.45) is 0 Å². The maximum atomic E-state index is 11.7. The van der Waals surface area contributed by atoms with Crippen LogP contribution in [0.2, 0.25) is 0 Å². The van der Waals surface area contributed by atoms with Crippen LogP contribution in [0.15, 0.2) is 29.2 Å². The summed E-state index contributed by atoms with van der Waals surface area (Å²) in [6.45, 7) is 3.67. The number of carboxylic acids is 1. The van der Waals surface area contributed by atoms with Crippen molar-refractivity contribution in [3.05, 3.63) is 29.8 Å². The van der Waals surface area contributed by atoms with Gasteiger partial charge >= 0.3 is 5.97 Å². The molecule has 0 aromatic heterocycles. The average molecular weight is 291 g/mol. The first-order valence-corrected chi connectivity index (χ1v) is 8.30. The summed E-state index contributed by atoms with van der Waals surface area (Å²) < 4.78 is 0. The topological polar surface area (TPSA) is 40.5 Å². The molecular formula is C16H21NO2S. The van der Waals surface area contributed by atoms with Gasteiger partial charge in [-0.05, 0) is 44.4 Å². The largest absolute Gasteiger partial charge is 0.480 e. The highest BCUT2D eigenvalue weighted by atomic mass is 32.2. The molecule has 108 valence electrons. The molecule has 2 heterocycles. The molecule has 1 aromatic rings. The minimum atomic E-state index is -0.680. The number of benzene rings is 1. The van der Waals surface area contributed by atoms with Crippen LogP contribution < -0.4 is 0 Å². The average Bonchev–Trinajstić information content (AvgIpc) is 2.85. The van der Waals surface area contributed by atoms with Gasteiger partial charge in [-0.2, -0.15) is 0 Å². The highest BCUT2D eigenvalue weighted by Gasteiger charge is 2.42. The van der Waals surface area contributed by atoms with Crippen molar-refractivity contribution in [2.75, 3.05) is 18.8 Å². The third-order valence-electron chi connectivity index (χ3n) is 4.74. The van der Waals surface area contributed by atoms with Crippen LogP contribution in [0.4, 0.5) is 0 Å². The van der Waals surface area contributed by atoms with E-state index in [0.717, 1.165) is 38.1 Å². The predicted octanol–water partition coefficient (Wildman–Crippen LogP) is 3.21. The zero-order valence-corrected chi connectivity index (χ0v) is 12.7. The van der Waals surface area contributed by atoms with Crippen molar-refractivity contribution in [3.8, 4) is 0 Å². The fourth-order valence-electron chi connectivity index (χ4n) is 3.36. The molecule has 2 aliphatic rings. The van der Waals surface area contributed by atoms with Crippen LogP contribution >= 0.6 is 11.8 Å². The first kappa shape index (κ1) is 14.0. The molecule has 3 nitrogen and oxygen atoms in total. The molecule has 0 aliphatic carbocycles. The number of rotatable bonds is 3. The van der Waals surface area contributed by atoms with Crippen molar-refractivity contribution in [1.29, 1.82) is 0 Å². The number of carbonyl (C=O) groups is 1. The number of hydrogen-bond donors (Lipinski definition) is 1. The second-order valence-corrected chi connectivity index (χ2v) is 7.09. The fourth-order valence-corrected chi connectivity index (χ4v) is 4.60. The standard InChI is InChI=1S/C16H21NO2S/c1-16(15(18)19)8-4-5-9-17(16)10-12-11-20-14-7-3-2-6-13(12)14/h2-3,6-7,12H,4-5,8-11H2,1H3,(H,18,19). The van der Waals surface area contributed by atoms with Crippen LogP contribution in [0.3, 0.4) is 0 Å². The number of thioether (sulfide) groups is 1. The molecule has 2 atom stereocenters. The molecule has 0 spiro atoms. The monoisotopic (exact) mass is 291 g/mol. The van der Waals surface area contributed by atoms with Crippen LogP contribution in [0, 0.1) is 0 Å². The Morgan fingerprint density at radius 1 is 1.45 bits per heavy atom. The Morgan fingerprint density at radius 3 is 3.05 bits per heavy atom. The van der Waals surface area contributed by atoms with Gasteiger partial charge in [-0.15, -0.1) is 11.8 Å². The molecule has 2 unspecified atom stereocenters. The van der Waals surface area contributed by atoms with Gasteiger partial charge in [-0.3, -0.25) is 9.69 Å². The lowest BCUT2D eigenvalue weighted by Gasteiger charge is -2.42. The molecule has 4 heteroatoms. The van der Waals surface area contributed by atoms with Crippen LogP contribution in [-0.4, -0.2) is 40.4 Å². The van der Waals surface area contributed by atoms with Crippen molar-refractivity contribution in [2.45, 2.75) is 42.5 Å². The van der Waals surface area contributed by atoms with Crippen molar-refractivity contribution in [3.63, 3.8) is 0 Å². The van der Waals surface area contributed by atoms with E-state index in [1.807, 2.05) is 18.7 Å². The van der Waals surface area contributed by atoms with E-state index < -0.39 is 11.5 Å². The molecule has 1 fully saturated rings. The summed E-state index contributed by atoms with van der Waals surface area (Å²) in [5, 5.41) is 9.59. The molecule has 0 radical (unpaired) electrons. The van der Waals surface area contributed by atoms with E-state index in [1.54, 1.807) is 0 Å². The van der Waals surface area contributed by atoms with Crippen LogP contribution in [0.25, 0.3) is 0 Å². The summed E-state index contributed by atoms with van der Waals surface area (Å²) >= 11 is 1.90. The molecule has 0 amide bonds. The minimum absolute atomic E-state index is 0.466. The zero-order valence-electron chi connectivity index (χ0n) is 11.8. The summed E-state index contributed by atoms with van der Waals surface area (Å²) in [4.78, 5) is 15.2. The quantitative estimate of drug-likeness (QED) is 0.928. The van der Waals surface area contributed by atoms with Crippen molar-refractivity contribution in [1.82, 2.24) is 4.90 Å². The Hall–Kier alpha value is -1.00. The molecule has 0 saturated carbocycles. The Labute approximate surface area is 124 Å². The summed E-state index contributed by atoms with van der Waals surface area (Å²) in [5.41, 5.74) is 0.719. The molecule has 1 aromatic carbocycles. The van der Waals surface area contributed by atoms with Gasteiger partial charge in [0.15, 0.2) is 0 Å². The normalized spacial score (nSPS) is 30.1. The second kappa shape index (κ2) is 5.41. The number of aliphatic carboxylic acids is 1. The van der Waals surface area contributed by atoms with Crippen molar-refractivity contribution >= 4 is 17.7 Å². The molecular weight excluding hydrogens is 270 g/mol. The minimum Gasteiger partial charge on any atom is -0.480 e. The number of likely N-dealkylation sites (tertiary alicyclic amines) is 1. The fraction of sp³-hybridized carbons (Fsp3) is 0.562. The van der Waals surface area contributed by atoms with Crippen LogP contribution in [0.5, 0.6) is 0 Å². The maximum Gasteiger partial charge on any atom is 0.323 e. The first-order valence-electron chi connectivity index (χ1n) is 7.31. The number of carboxylic acid groups (broad SMARTS) is 1. The number of fused-ring (bicyclic) bond motifs is 1. The Kier molecular flexibility index (Phi) is 3.78. The van der Waals surface area contributed by atoms with Crippen molar-refractivity contribution < 1.29 is 9.90 Å². The maximum absolute atomic E-state index is 11.7. The van der Waals surface area contributed by atoms with Gasteiger partial charge in [-0.25, -0.2) is 0 Å². The number of hydrogen-bond acceptors (Lipinski definition) is 3. The van der Waals surface area contributed by atoms with E-state index in [2.05, 4.69) is 29.2 Å². The lowest BCUT2D eigenvalue weighted by molar-refractivity contribution is -0.153. The molecule has 1 N–H and O–H groups in total. The highest BCUT2D eigenvalue weighted by molar-refractivity contribution is 7.99. The van der Waals surface area contributed by atoms with E-state index in [9.17, 15) is 9.90 Å². The van der Waals surface area contributed by atoms with Crippen LogP contribution in [-0.2, 0) is 4.79 Å². The Morgan fingerprint density at radius 2 is 2.25 bits per heavy atom. The van der Waals surface area contributed by atoms with Gasteiger partial charge < -0.3 is 5.11 Å². The number of nitrogens with zero attached hydrogens (tertiary/aromatic N) is 1. The lowest BCUT2D eigenvalue weighted by Crippen LogP contribution is -2.56. The summed E-state index contributed by atoms with van der Waals surface area (Å²) in [7, 11) is 0. The highest BCUT2D eigenvalue weighted by Crippen LogP contribution is 2.41. The predicted molar refractivity (Wildman–Crippen MR) is 81.4 cm³/mol. The third kappa shape index (κ3) is 2.35. The second-order valence-electron chi connectivity index (χ2n) is 6.03. The van der Waals surface area contributed by atoms with E-state index in [1.165, 1.54) is 10.5 Å². The molecule has 2 aliphatic heterocycles. The summed E-state index contributed by atoms with van der Waals surface area (Å²) in [6.07, 6.45) is 2.91. The van der Waals surface area contributed by atoms with Gasteiger partial charge in [0, 0.05) is 23.1 Å². The zero-order chi connectivity index (χ0) is 14.2. The van der Waals surface area contributed by atoms with E-state index in [4.69, 9.17) is 0 Å². The Bertz CT molecular complexity index is 519. The first-order chi connectivity index (χ1) is 9.61.